The molecule has 0 saturated heterocycles. The van der Waals surface area contributed by atoms with Gasteiger partial charge in [0.25, 0.3) is 5.91 Å². The van der Waals surface area contributed by atoms with E-state index in [9.17, 15) is 18.4 Å². The number of para-hydroxylation sites is 1. The first-order chi connectivity index (χ1) is 10.5. The van der Waals surface area contributed by atoms with Crippen LogP contribution in [-0.4, -0.2) is 18.0 Å². The summed E-state index contributed by atoms with van der Waals surface area (Å²) in [6, 6.07) is 3.26. The number of allylic oxidation sites excluding steroid dienone is 2. The normalized spacial score (nSPS) is 18.6. The predicted octanol–water partition coefficient (Wildman–Crippen LogP) is 3.19. The number of amides is 1. The third-order valence-corrected chi connectivity index (χ3v) is 3.48. The zero-order valence-corrected chi connectivity index (χ0v) is 12.1. The molecule has 0 saturated carbocycles. The fourth-order valence-corrected chi connectivity index (χ4v) is 2.17. The van der Waals surface area contributed by atoms with Crippen molar-refractivity contribution in [1.29, 1.82) is 0 Å². The number of rotatable bonds is 4. The Bertz CT molecular complexity index is 581. The van der Waals surface area contributed by atoms with Gasteiger partial charge in [0.05, 0.1) is 5.92 Å². The number of esters is 1. The van der Waals surface area contributed by atoms with Gasteiger partial charge < -0.3 is 10.1 Å². The minimum absolute atomic E-state index is 0.273. The number of carbonyl (C=O) groups is 2. The average Bonchev–Trinajstić information content (AvgIpc) is 2.51. The number of carbonyl (C=O) groups excluding carboxylic acids is 2. The fraction of sp³-hybridized carbons (Fsp3) is 0.375. The molecule has 0 aliphatic heterocycles. The van der Waals surface area contributed by atoms with E-state index in [1.807, 2.05) is 12.2 Å². The van der Waals surface area contributed by atoms with E-state index in [4.69, 9.17) is 4.74 Å². The summed E-state index contributed by atoms with van der Waals surface area (Å²) in [5.74, 6) is -3.29. The zero-order chi connectivity index (χ0) is 16.1. The summed E-state index contributed by atoms with van der Waals surface area (Å²) in [7, 11) is 0. The van der Waals surface area contributed by atoms with Gasteiger partial charge >= 0.3 is 5.97 Å². The van der Waals surface area contributed by atoms with E-state index in [1.165, 1.54) is 13.0 Å². The Kier molecular flexibility index (Phi) is 5.25. The lowest BCUT2D eigenvalue weighted by Gasteiger charge is -2.19. The molecule has 0 aromatic heterocycles. The second-order valence-electron chi connectivity index (χ2n) is 5.15. The van der Waals surface area contributed by atoms with Gasteiger partial charge in [-0.2, -0.15) is 0 Å². The lowest BCUT2D eigenvalue weighted by atomic mass is 9.95. The van der Waals surface area contributed by atoms with Crippen molar-refractivity contribution < 1.29 is 23.1 Å². The topological polar surface area (TPSA) is 55.4 Å². The first-order valence-electron chi connectivity index (χ1n) is 7.09. The predicted molar refractivity (Wildman–Crippen MR) is 77.0 cm³/mol. The number of anilines is 1. The average molecular weight is 309 g/mol. The molecule has 118 valence electrons. The lowest BCUT2D eigenvalue weighted by molar-refractivity contribution is -0.157. The van der Waals surface area contributed by atoms with Crippen LogP contribution in [0.4, 0.5) is 14.5 Å². The minimum atomic E-state index is -1.13. The summed E-state index contributed by atoms with van der Waals surface area (Å²) < 4.78 is 32.0. The van der Waals surface area contributed by atoms with Crippen molar-refractivity contribution in [3.05, 3.63) is 42.0 Å². The summed E-state index contributed by atoms with van der Waals surface area (Å²) in [6.07, 6.45) is 4.80. The molecule has 4 nitrogen and oxygen atoms in total. The minimum Gasteiger partial charge on any atom is -0.452 e. The van der Waals surface area contributed by atoms with Crippen LogP contribution in [0.25, 0.3) is 0 Å². The molecule has 1 aromatic rings. The van der Waals surface area contributed by atoms with Gasteiger partial charge in [0.15, 0.2) is 6.10 Å². The van der Waals surface area contributed by atoms with Gasteiger partial charge in [0.2, 0.25) is 0 Å². The Morgan fingerprint density at radius 3 is 2.55 bits per heavy atom. The Morgan fingerprint density at radius 2 is 1.95 bits per heavy atom. The maximum Gasteiger partial charge on any atom is 0.310 e. The number of benzene rings is 1. The molecule has 1 amide bonds. The third-order valence-electron chi connectivity index (χ3n) is 3.48. The van der Waals surface area contributed by atoms with Gasteiger partial charge in [0, 0.05) is 0 Å². The summed E-state index contributed by atoms with van der Waals surface area (Å²) in [5, 5.41) is 2.11. The van der Waals surface area contributed by atoms with E-state index in [-0.39, 0.29) is 5.92 Å². The van der Waals surface area contributed by atoms with Crippen LogP contribution >= 0.6 is 0 Å². The van der Waals surface area contributed by atoms with E-state index >= 15 is 0 Å². The molecule has 0 unspecified atom stereocenters. The summed E-state index contributed by atoms with van der Waals surface area (Å²) in [6.45, 7) is 1.37. The maximum absolute atomic E-state index is 13.5. The highest BCUT2D eigenvalue weighted by Crippen LogP contribution is 2.21. The van der Waals surface area contributed by atoms with Crippen molar-refractivity contribution in [2.45, 2.75) is 32.3 Å². The standard InChI is InChI=1S/C16H17F2NO3/c1-10(22-16(21)11-6-3-2-4-7-11)15(20)19-14-12(17)8-5-9-13(14)18/h2-3,5,8-11H,4,6-7H2,1H3,(H,19,20)/t10-,11-/m0/s1. The van der Waals surface area contributed by atoms with Crippen LogP contribution in [-0.2, 0) is 14.3 Å². The Hall–Kier alpha value is -2.24. The van der Waals surface area contributed by atoms with Crippen LogP contribution < -0.4 is 5.32 Å². The van der Waals surface area contributed by atoms with Gasteiger partial charge in [-0.05, 0) is 38.3 Å². The van der Waals surface area contributed by atoms with Crippen LogP contribution in [0.5, 0.6) is 0 Å². The van der Waals surface area contributed by atoms with Crippen molar-refractivity contribution >= 4 is 17.6 Å². The summed E-state index contributed by atoms with van der Waals surface area (Å²) >= 11 is 0. The largest absolute Gasteiger partial charge is 0.452 e. The first-order valence-corrected chi connectivity index (χ1v) is 7.09. The highest BCUT2D eigenvalue weighted by atomic mass is 19.1. The van der Waals surface area contributed by atoms with Crippen LogP contribution in [0.3, 0.4) is 0 Å². The number of halogens is 2. The number of ether oxygens (including phenoxy) is 1. The molecule has 1 aliphatic carbocycles. The third kappa shape index (κ3) is 3.90. The quantitative estimate of drug-likeness (QED) is 0.686. The van der Waals surface area contributed by atoms with Crippen molar-refractivity contribution in [3.63, 3.8) is 0 Å². The van der Waals surface area contributed by atoms with E-state index in [2.05, 4.69) is 5.32 Å². The molecule has 2 rings (SSSR count). The molecule has 0 radical (unpaired) electrons. The summed E-state index contributed by atoms with van der Waals surface area (Å²) in [5.41, 5.74) is -0.545. The van der Waals surface area contributed by atoms with E-state index < -0.39 is 35.3 Å². The van der Waals surface area contributed by atoms with Crippen molar-refractivity contribution in [1.82, 2.24) is 0 Å². The second-order valence-corrected chi connectivity index (χ2v) is 5.15. The highest BCUT2D eigenvalue weighted by Gasteiger charge is 2.25. The number of hydrogen-bond acceptors (Lipinski definition) is 3. The molecule has 6 heteroatoms. The van der Waals surface area contributed by atoms with E-state index in [0.717, 1.165) is 18.6 Å². The van der Waals surface area contributed by atoms with Gasteiger partial charge in [-0.3, -0.25) is 9.59 Å². The van der Waals surface area contributed by atoms with Gasteiger partial charge in [0.1, 0.15) is 17.3 Å². The highest BCUT2D eigenvalue weighted by molar-refractivity contribution is 5.95. The number of nitrogens with one attached hydrogen (secondary N) is 1. The molecule has 2 atom stereocenters. The molecule has 1 aliphatic rings. The van der Waals surface area contributed by atoms with E-state index in [0.29, 0.717) is 12.8 Å². The van der Waals surface area contributed by atoms with Crippen LogP contribution in [0, 0.1) is 17.6 Å². The Balaban J connectivity index is 1.94. The molecule has 0 heterocycles. The van der Waals surface area contributed by atoms with E-state index in [1.54, 1.807) is 0 Å². The number of hydrogen-bond donors (Lipinski definition) is 1. The molecule has 1 N–H and O–H groups in total. The summed E-state index contributed by atoms with van der Waals surface area (Å²) in [4.78, 5) is 23.8. The van der Waals surface area contributed by atoms with Gasteiger partial charge in [-0.25, -0.2) is 8.78 Å². The smallest absolute Gasteiger partial charge is 0.310 e. The van der Waals surface area contributed by atoms with Gasteiger partial charge in [-0.1, -0.05) is 18.2 Å². The molecule has 22 heavy (non-hydrogen) atoms. The SMILES string of the molecule is C[C@H](OC(=O)[C@H]1CC=CCC1)C(=O)Nc1c(F)cccc1F. The lowest BCUT2D eigenvalue weighted by Crippen LogP contribution is -2.33. The molecular weight excluding hydrogens is 292 g/mol. The molecule has 0 fully saturated rings. The van der Waals surface area contributed by atoms with Crippen LogP contribution in [0.15, 0.2) is 30.4 Å². The zero-order valence-electron chi connectivity index (χ0n) is 12.1. The first kappa shape index (κ1) is 16.1. The molecule has 1 aromatic carbocycles. The second kappa shape index (κ2) is 7.15. The van der Waals surface area contributed by atoms with Crippen molar-refractivity contribution in [2.24, 2.45) is 5.92 Å². The maximum atomic E-state index is 13.5. The van der Waals surface area contributed by atoms with Crippen LogP contribution in [0.1, 0.15) is 26.2 Å². The van der Waals surface area contributed by atoms with Crippen LogP contribution in [0.2, 0.25) is 0 Å². The fourth-order valence-electron chi connectivity index (χ4n) is 2.17. The molecule has 0 bridgehead atoms. The molecule has 0 spiro atoms. The van der Waals surface area contributed by atoms with Gasteiger partial charge in [-0.15, -0.1) is 0 Å². The Labute approximate surface area is 127 Å². The van der Waals surface area contributed by atoms with Crippen molar-refractivity contribution in [3.8, 4) is 0 Å². The molecular formula is C16H17F2NO3. The van der Waals surface area contributed by atoms with Crippen molar-refractivity contribution in [2.75, 3.05) is 5.32 Å². The monoisotopic (exact) mass is 309 g/mol. The Morgan fingerprint density at radius 1 is 1.27 bits per heavy atom.